The van der Waals surface area contributed by atoms with Crippen LogP contribution in [-0.2, 0) is 20.9 Å². The quantitative estimate of drug-likeness (QED) is 0.384. The third-order valence-corrected chi connectivity index (χ3v) is 8.82. The Labute approximate surface area is 241 Å². The standard InChI is InChI=1S/C32H41FN4O4/c33-28-18-25(27-11-13-30(38)36-31(27)39)8-12-29(28)37-16-14-23(15-17-37)20-34-19-22-6-9-26(10-7-22)35-32(40)41-21-24-4-2-1-3-5-24/h1-5,8,12,18,22-23,26-27,34H,6-7,9-11,13-17,19-21H2,(H,35,40)(H,36,38,39). The van der Waals surface area contributed by atoms with Crippen molar-refractivity contribution in [3.8, 4) is 0 Å². The molecule has 0 spiro atoms. The minimum absolute atomic E-state index is 0.178. The van der Waals surface area contributed by atoms with E-state index >= 15 is 4.39 Å². The first kappa shape index (κ1) is 29.0. The third-order valence-electron chi connectivity index (χ3n) is 8.82. The highest BCUT2D eigenvalue weighted by Gasteiger charge is 2.29. The maximum atomic E-state index is 15.0. The summed E-state index contributed by atoms with van der Waals surface area (Å²) in [6.07, 6.45) is 6.49. The lowest BCUT2D eigenvalue weighted by Crippen LogP contribution is -2.41. The van der Waals surface area contributed by atoms with Crippen LogP contribution in [0.3, 0.4) is 0 Å². The Balaban J connectivity index is 0.965. The number of carbonyl (C=O) groups is 3. The van der Waals surface area contributed by atoms with Gasteiger partial charge in [0, 0.05) is 25.6 Å². The van der Waals surface area contributed by atoms with Gasteiger partial charge in [0.1, 0.15) is 12.4 Å². The van der Waals surface area contributed by atoms with Crippen molar-refractivity contribution >= 4 is 23.6 Å². The van der Waals surface area contributed by atoms with Gasteiger partial charge in [0.15, 0.2) is 0 Å². The number of nitrogens with one attached hydrogen (secondary N) is 3. The summed E-state index contributed by atoms with van der Waals surface area (Å²) in [6.45, 7) is 3.85. The lowest BCUT2D eigenvalue weighted by atomic mass is 9.86. The molecule has 1 unspecified atom stereocenters. The predicted octanol–water partition coefficient (Wildman–Crippen LogP) is 4.64. The molecular formula is C32H41FN4O4. The molecule has 0 radical (unpaired) electrons. The highest BCUT2D eigenvalue weighted by atomic mass is 19.1. The molecule has 9 heteroatoms. The van der Waals surface area contributed by atoms with Crippen molar-refractivity contribution in [3.05, 3.63) is 65.5 Å². The van der Waals surface area contributed by atoms with Gasteiger partial charge in [-0.2, -0.15) is 0 Å². The molecule has 3 aliphatic rings. The molecule has 2 aliphatic heterocycles. The topological polar surface area (TPSA) is 99.8 Å². The molecule has 220 valence electrons. The molecule has 5 rings (SSSR count). The zero-order chi connectivity index (χ0) is 28.6. The van der Waals surface area contributed by atoms with E-state index in [9.17, 15) is 14.4 Å². The molecule has 2 aromatic carbocycles. The Morgan fingerprint density at radius 3 is 2.32 bits per heavy atom. The lowest BCUT2D eigenvalue weighted by molar-refractivity contribution is -0.134. The van der Waals surface area contributed by atoms with Crippen molar-refractivity contribution in [2.75, 3.05) is 31.1 Å². The Hall–Kier alpha value is -3.46. The van der Waals surface area contributed by atoms with Gasteiger partial charge in [-0.05, 0) is 93.1 Å². The van der Waals surface area contributed by atoms with Gasteiger partial charge < -0.3 is 20.3 Å². The van der Waals surface area contributed by atoms with Gasteiger partial charge in [0.2, 0.25) is 11.8 Å². The first-order chi connectivity index (χ1) is 19.9. The van der Waals surface area contributed by atoms with Crippen molar-refractivity contribution in [2.24, 2.45) is 11.8 Å². The number of amides is 3. The van der Waals surface area contributed by atoms with Crippen LogP contribution >= 0.6 is 0 Å². The third kappa shape index (κ3) is 8.06. The van der Waals surface area contributed by atoms with Crippen LogP contribution in [0, 0.1) is 17.7 Å². The van der Waals surface area contributed by atoms with Crippen LogP contribution in [0.15, 0.2) is 48.5 Å². The number of alkyl carbamates (subject to hydrolysis) is 1. The molecular weight excluding hydrogens is 523 g/mol. The van der Waals surface area contributed by atoms with Crippen molar-refractivity contribution in [3.63, 3.8) is 0 Å². The number of rotatable bonds is 9. The summed E-state index contributed by atoms with van der Waals surface area (Å²) in [7, 11) is 0. The van der Waals surface area contributed by atoms with Crippen LogP contribution in [0.4, 0.5) is 14.9 Å². The molecule has 3 amide bonds. The molecule has 3 fully saturated rings. The molecule has 2 aromatic rings. The molecule has 1 saturated carbocycles. The van der Waals surface area contributed by atoms with E-state index in [0.717, 1.165) is 70.3 Å². The monoisotopic (exact) mass is 564 g/mol. The Kier molecular flexibility index (Phi) is 9.88. The number of imide groups is 1. The van der Waals surface area contributed by atoms with Crippen molar-refractivity contribution < 1.29 is 23.5 Å². The van der Waals surface area contributed by atoms with Gasteiger partial charge in [-0.3, -0.25) is 14.9 Å². The van der Waals surface area contributed by atoms with Gasteiger partial charge in [-0.25, -0.2) is 9.18 Å². The maximum Gasteiger partial charge on any atom is 0.407 e. The number of halogens is 1. The summed E-state index contributed by atoms with van der Waals surface area (Å²) in [6, 6.07) is 14.9. The molecule has 0 aromatic heterocycles. The summed E-state index contributed by atoms with van der Waals surface area (Å²) >= 11 is 0. The Morgan fingerprint density at radius 1 is 0.927 bits per heavy atom. The average molecular weight is 565 g/mol. The van der Waals surface area contributed by atoms with Crippen LogP contribution in [0.1, 0.15) is 68.4 Å². The highest BCUT2D eigenvalue weighted by Crippen LogP contribution is 2.31. The van der Waals surface area contributed by atoms with Gasteiger partial charge in [0.05, 0.1) is 11.6 Å². The average Bonchev–Trinajstić information content (AvgIpc) is 2.98. The molecule has 2 saturated heterocycles. The zero-order valence-electron chi connectivity index (χ0n) is 23.6. The number of nitrogens with zero attached hydrogens (tertiary/aromatic N) is 1. The number of hydrogen-bond acceptors (Lipinski definition) is 6. The van der Waals surface area contributed by atoms with Gasteiger partial charge in [-0.1, -0.05) is 36.4 Å². The van der Waals surface area contributed by atoms with Crippen LogP contribution in [-0.4, -0.2) is 50.1 Å². The van der Waals surface area contributed by atoms with Gasteiger partial charge in [0.25, 0.3) is 0 Å². The van der Waals surface area contributed by atoms with Crippen molar-refractivity contribution in [1.82, 2.24) is 16.0 Å². The molecule has 0 bridgehead atoms. The second kappa shape index (κ2) is 13.9. The highest BCUT2D eigenvalue weighted by molar-refractivity contribution is 6.00. The number of carbonyl (C=O) groups excluding carboxylic acids is 3. The van der Waals surface area contributed by atoms with Crippen molar-refractivity contribution in [1.29, 1.82) is 0 Å². The molecule has 3 N–H and O–H groups in total. The van der Waals surface area contributed by atoms with E-state index in [-0.39, 0.29) is 42.8 Å². The first-order valence-corrected chi connectivity index (χ1v) is 15.0. The van der Waals surface area contributed by atoms with E-state index in [4.69, 9.17) is 4.74 Å². The summed E-state index contributed by atoms with van der Waals surface area (Å²) in [5, 5.41) is 9.04. The molecule has 8 nitrogen and oxygen atoms in total. The van der Waals surface area contributed by atoms with Crippen LogP contribution < -0.4 is 20.9 Å². The zero-order valence-corrected chi connectivity index (χ0v) is 23.6. The maximum absolute atomic E-state index is 15.0. The largest absolute Gasteiger partial charge is 0.445 e. The number of hydrogen-bond donors (Lipinski definition) is 3. The number of anilines is 1. The first-order valence-electron chi connectivity index (χ1n) is 15.0. The van der Waals surface area contributed by atoms with Crippen LogP contribution in [0.5, 0.6) is 0 Å². The van der Waals surface area contributed by atoms with Crippen LogP contribution in [0.25, 0.3) is 0 Å². The van der Waals surface area contributed by atoms with Gasteiger partial charge >= 0.3 is 6.09 Å². The minimum Gasteiger partial charge on any atom is -0.445 e. The van der Waals surface area contributed by atoms with E-state index in [2.05, 4.69) is 20.9 Å². The molecule has 41 heavy (non-hydrogen) atoms. The SMILES string of the molecule is O=C1CCC(c2ccc(N3CCC(CNCC4CCC(NC(=O)OCc5ccccc5)CC4)CC3)c(F)c2)C(=O)N1. The van der Waals surface area contributed by atoms with E-state index in [1.165, 1.54) is 6.07 Å². The van der Waals surface area contributed by atoms with Gasteiger partial charge in [-0.15, -0.1) is 0 Å². The fourth-order valence-corrected chi connectivity index (χ4v) is 6.32. The second-order valence-electron chi connectivity index (χ2n) is 11.7. The van der Waals surface area contributed by atoms with E-state index < -0.39 is 5.92 Å². The van der Waals surface area contributed by atoms with E-state index in [1.54, 1.807) is 6.07 Å². The molecule has 1 aliphatic carbocycles. The summed E-state index contributed by atoms with van der Waals surface area (Å²) in [5.41, 5.74) is 2.20. The normalized spacial score (nSPS) is 23.6. The summed E-state index contributed by atoms with van der Waals surface area (Å²) in [4.78, 5) is 37.8. The number of ether oxygens (including phenoxy) is 1. The Morgan fingerprint density at radius 2 is 1.63 bits per heavy atom. The molecule has 1 atom stereocenters. The molecule has 2 heterocycles. The lowest BCUT2D eigenvalue weighted by Gasteiger charge is -2.35. The van der Waals surface area contributed by atoms with E-state index in [0.29, 0.717) is 29.5 Å². The van der Waals surface area contributed by atoms with Crippen molar-refractivity contribution in [2.45, 2.75) is 69.9 Å². The number of piperidine rings is 2. The smallest absolute Gasteiger partial charge is 0.407 e. The predicted molar refractivity (Wildman–Crippen MR) is 155 cm³/mol. The fourth-order valence-electron chi connectivity index (χ4n) is 6.32. The minimum atomic E-state index is -0.471. The summed E-state index contributed by atoms with van der Waals surface area (Å²) < 4.78 is 20.4. The number of benzene rings is 2. The van der Waals surface area contributed by atoms with Crippen LogP contribution in [0.2, 0.25) is 0 Å². The second-order valence-corrected chi connectivity index (χ2v) is 11.7. The Bertz CT molecular complexity index is 1190. The van der Waals surface area contributed by atoms with E-state index in [1.807, 2.05) is 36.4 Å². The fraction of sp³-hybridized carbons (Fsp3) is 0.531. The summed E-state index contributed by atoms with van der Waals surface area (Å²) in [5.74, 6) is -0.205.